The van der Waals surface area contributed by atoms with Crippen molar-refractivity contribution in [3.05, 3.63) is 35.4 Å². The Balaban J connectivity index is 0.00000289. The van der Waals surface area contributed by atoms with Gasteiger partial charge in [-0.2, -0.15) is 13.2 Å². The summed E-state index contributed by atoms with van der Waals surface area (Å²) in [6.07, 6.45) is -4.64. The van der Waals surface area contributed by atoms with Gasteiger partial charge in [0.15, 0.2) is 0 Å². The highest BCUT2D eigenvalue weighted by molar-refractivity contribution is 5.94. The lowest BCUT2D eigenvalue weighted by atomic mass is 10.2. The first-order chi connectivity index (χ1) is 7.71. The van der Waals surface area contributed by atoms with Crippen molar-refractivity contribution < 1.29 is 26.7 Å². The van der Waals surface area contributed by atoms with Crippen LogP contribution in [0.1, 0.15) is 17.3 Å². The molecule has 0 aliphatic carbocycles. The zero-order valence-electron chi connectivity index (χ0n) is 9.02. The third kappa shape index (κ3) is 4.14. The molecule has 0 bridgehead atoms. The second-order valence-electron chi connectivity index (χ2n) is 3.36. The third-order valence-corrected chi connectivity index (χ3v) is 2.01. The van der Waals surface area contributed by atoms with Gasteiger partial charge in [0, 0.05) is 0 Å². The van der Waals surface area contributed by atoms with Gasteiger partial charge >= 0.3 is 6.18 Å². The van der Waals surface area contributed by atoms with E-state index >= 15 is 0 Å². The summed E-state index contributed by atoms with van der Waals surface area (Å²) in [5, 5.41) is 1.53. The van der Waals surface area contributed by atoms with Crippen molar-refractivity contribution in [3.63, 3.8) is 0 Å². The summed E-state index contributed by atoms with van der Waals surface area (Å²) in [6.45, 7) is 0.703. The van der Waals surface area contributed by atoms with Gasteiger partial charge in [-0.1, -0.05) is 0 Å². The minimum Gasteiger partial charge on any atom is -0.340 e. The highest BCUT2D eigenvalue weighted by Crippen LogP contribution is 2.20. The van der Waals surface area contributed by atoms with Gasteiger partial charge in [0.2, 0.25) is 0 Å². The monoisotopic (exact) mass is 289 g/mol. The fourth-order valence-corrected chi connectivity index (χ4v) is 1.03. The maximum absolute atomic E-state index is 13.1. The van der Waals surface area contributed by atoms with E-state index in [9.17, 15) is 26.7 Å². The van der Waals surface area contributed by atoms with Crippen LogP contribution in [0.2, 0.25) is 0 Å². The quantitative estimate of drug-likeness (QED) is 0.833. The van der Waals surface area contributed by atoms with Crippen molar-refractivity contribution >= 4 is 18.3 Å². The Morgan fingerprint density at radius 1 is 1.28 bits per heavy atom. The number of nitrogens with one attached hydrogen (secondary N) is 1. The summed E-state index contributed by atoms with van der Waals surface area (Å²) in [5.41, 5.74) is -0.763. The molecule has 0 spiro atoms. The number of halogens is 6. The first kappa shape index (κ1) is 16.6. The molecule has 1 aromatic rings. The molecular weight excluding hydrogens is 281 g/mol. The smallest absolute Gasteiger partial charge is 0.340 e. The molecule has 0 aromatic heterocycles. The molecule has 1 amide bonds. The van der Waals surface area contributed by atoms with E-state index < -0.39 is 35.3 Å². The molecule has 0 heterocycles. The van der Waals surface area contributed by atoms with Gasteiger partial charge in [0.05, 0.1) is 5.56 Å². The van der Waals surface area contributed by atoms with Crippen molar-refractivity contribution in [2.75, 3.05) is 0 Å². The van der Waals surface area contributed by atoms with E-state index in [1.807, 2.05) is 0 Å². The van der Waals surface area contributed by atoms with Crippen LogP contribution in [-0.4, -0.2) is 18.1 Å². The molecule has 0 radical (unpaired) electrons. The lowest BCUT2D eigenvalue weighted by Gasteiger charge is -2.17. The largest absolute Gasteiger partial charge is 0.408 e. The fourth-order valence-electron chi connectivity index (χ4n) is 1.03. The molecule has 0 saturated heterocycles. The van der Waals surface area contributed by atoms with Crippen molar-refractivity contribution in [2.45, 2.75) is 19.1 Å². The first-order valence-corrected chi connectivity index (χ1v) is 4.54. The van der Waals surface area contributed by atoms with E-state index in [0.29, 0.717) is 19.1 Å². The second kappa shape index (κ2) is 5.99. The summed E-state index contributed by atoms with van der Waals surface area (Å²) in [6, 6.07) is -0.173. The fraction of sp³-hybridized carbons (Fsp3) is 0.300. The lowest BCUT2D eigenvalue weighted by Crippen LogP contribution is -2.43. The van der Waals surface area contributed by atoms with Crippen molar-refractivity contribution in [1.29, 1.82) is 0 Å². The molecule has 0 unspecified atom stereocenters. The standard InChI is InChI=1S/C10H8F5NO.ClH/c1-5(10(13,14)15)16-9(17)7-4-6(11)2-3-8(7)12;/h2-5H,1H3,(H,16,17);1H/t5-;/m0./s1. The summed E-state index contributed by atoms with van der Waals surface area (Å²) >= 11 is 0. The normalized spacial score (nSPS) is 12.6. The molecule has 1 N–H and O–H groups in total. The molecule has 0 saturated carbocycles. The predicted molar refractivity (Wildman–Crippen MR) is 56.6 cm³/mol. The van der Waals surface area contributed by atoms with E-state index in [-0.39, 0.29) is 12.4 Å². The zero-order chi connectivity index (χ0) is 13.2. The minimum absolute atomic E-state index is 0. The topological polar surface area (TPSA) is 29.1 Å². The van der Waals surface area contributed by atoms with Crippen LogP contribution in [-0.2, 0) is 0 Å². The number of benzene rings is 1. The Kier molecular flexibility index (Phi) is 5.54. The number of carbonyl (C=O) groups excluding carboxylic acids is 1. The number of rotatable bonds is 2. The summed E-state index contributed by atoms with van der Waals surface area (Å²) in [7, 11) is 0. The SMILES string of the molecule is C[C@H](NC(=O)c1cc(F)ccc1F)C(F)(F)F.Cl. The van der Waals surface area contributed by atoms with Crippen LogP contribution in [0, 0.1) is 11.6 Å². The first-order valence-electron chi connectivity index (χ1n) is 4.54. The van der Waals surface area contributed by atoms with E-state index in [2.05, 4.69) is 0 Å². The molecule has 1 rings (SSSR count). The highest BCUT2D eigenvalue weighted by Gasteiger charge is 2.37. The highest BCUT2D eigenvalue weighted by atomic mass is 35.5. The number of hydrogen-bond acceptors (Lipinski definition) is 1. The number of carbonyl (C=O) groups is 1. The maximum atomic E-state index is 13.1. The van der Waals surface area contributed by atoms with Crippen LogP contribution in [0.4, 0.5) is 22.0 Å². The van der Waals surface area contributed by atoms with Gasteiger partial charge in [0.25, 0.3) is 5.91 Å². The lowest BCUT2D eigenvalue weighted by molar-refractivity contribution is -0.149. The molecule has 1 atom stereocenters. The molecule has 8 heteroatoms. The molecular formula is C10H9ClF5NO. The Morgan fingerprint density at radius 3 is 2.33 bits per heavy atom. The van der Waals surface area contributed by atoms with Crippen molar-refractivity contribution in [3.8, 4) is 0 Å². The average molecular weight is 290 g/mol. The zero-order valence-corrected chi connectivity index (χ0v) is 9.83. The Hall–Kier alpha value is -1.37. The van der Waals surface area contributed by atoms with Crippen molar-refractivity contribution in [2.24, 2.45) is 0 Å². The Morgan fingerprint density at radius 2 is 1.83 bits per heavy atom. The summed E-state index contributed by atoms with van der Waals surface area (Å²) in [5.74, 6) is -3.30. The molecule has 0 fully saturated rings. The molecule has 1 aromatic carbocycles. The molecule has 0 aliphatic heterocycles. The molecule has 102 valence electrons. The summed E-state index contributed by atoms with van der Waals surface area (Å²) < 4.78 is 62.1. The number of hydrogen-bond donors (Lipinski definition) is 1. The van der Waals surface area contributed by atoms with E-state index in [1.165, 1.54) is 5.32 Å². The second-order valence-corrected chi connectivity index (χ2v) is 3.36. The van der Waals surface area contributed by atoms with Gasteiger partial charge in [0.1, 0.15) is 17.7 Å². The summed E-state index contributed by atoms with van der Waals surface area (Å²) in [4.78, 5) is 11.3. The molecule has 2 nitrogen and oxygen atoms in total. The van der Waals surface area contributed by atoms with Crippen LogP contribution in [0.3, 0.4) is 0 Å². The van der Waals surface area contributed by atoms with Gasteiger partial charge < -0.3 is 5.32 Å². The number of amides is 1. The minimum atomic E-state index is -4.64. The van der Waals surface area contributed by atoms with Gasteiger partial charge in [-0.15, -0.1) is 12.4 Å². The molecule has 0 aliphatic rings. The van der Waals surface area contributed by atoms with E-state index in [0.717, 1.165) is 6.07 Å². The maximum Gasteiger partial charge on any atom is 0.408 e. The van der Waals surface area contributed by atoms with E-state index in [4.69, 9.17) is 0 Å². The van der Waals surface area contributed by atoms with Crippen LogP contribution in [0.15, 0.2) is 18.2 Å². The van der Waals surface area contributed by atoms with Crippen LogP contribution < -0.4 is 5.32 Å². The van der Waals surface area contributed by atoms with Crippen molar-refractivity contribution in [1.82, 2.24) is 5.32 Å². The third-order valence-electron chi connectivity index (χ3n) is 2.01. The molecule has 18 heavy (non-hydrogen) atoms. The van der Waals surface area contributed by atoms with Gasteiger partial charge in [-0.05, 0) is 25.1 Å². The van der Waals surface area contributed by atoms with Crippen LogP contribution in [0.5, 0.6) is 0 Å². The Bertz CT molecular complexity index is 435. The van der Waals surface area contributed by atoms with E-state index in [1.54, 1.807) is 0 Å². The predicted octanol–water partition coefficient (Wildman–Crippen LogP) is 3.07. The Labute approximate surface area is 106 Å². The average Bonchev–Trinajstić information content (AvgIpc) is 2.20. The van der Waals surface area contributed by atoms with Crippen LogP contribution in [0.25, 0.3) is 0 Å². The van der Waals surface area contributed by atoms with Crippen LogP contribution >= 0.6 is 12.4 Å². The van der Waals surface area contributed by atoms with Gasteiger partial charge in [-0.3, -0.25) is 4.79 Å². The number of alkyl halides is 3. The van der Waals surface area contributed by atoms with Gasteiger partial charge in [-0.25, -0.2) is 8.78 Å².